The van der Waals surface area contributed by atoms with Crippen LogP contribution in [0.3, 0.4) is 0 Å². The molecule has 0 saturated carbocycles. The maximum Gasteiger partial charge on any atom is 0.260 e. The minimum atomic E-state index is -0.419. The van der Waals surface area contributed by atoms with Gasteiger partial charge >= 0.3 is 0 Å². The molecule has 0 atom stereocenters. The zero-order valence-electron chi connectivity index (χ0n) is 16.8. The number of para-hydroxylation sites is 2. The van der Waals surface area contributed by atoms with Crippen LogP contribution in [0.25, 0.3) is 10.2 Å². The van der Waals surface area contributed by atoms with Crippen molar-refractivity contribution >= 4 is 32.6 Å². The van der Waals surface area contributed by atoms with Crippen molar-refractivity contribution in [1.82, 2.24) is 4.98 Å². The summed E-state index contributed by atoms with van der Waals surface area (Å²) in [7, 11) is 0. The predicted molar refractivity (Wildman–Crippen MR) is 122 cm³/mol. The second-order valence-corrected chi connectivity index (χ2v) is 8.00. The van der Waals surface area contributed by atoms with Crippen LogP contribution >= 0.6 is 11.3 Å². The van der Waals surface area contributed by atoms with Gasteiger partial charge in [-0.05, 0) is 60.7 Å². The van der Waals surface area contributed by atoms with Crippen molar-refractivity contribution in [2.45, 2.75) is 6.54 Å². The van der Waals surface area contributed by atoms with E-state index < -0.39 is 5.82 Å². The van der Waals surface area contributed by atoms with E-state index in [1.165, 1.54) is 22.3 Å². The molecule has 0 fully saturated rings. The van der Waals surface area contributed by atoms with E-state index >= 15 is 0 Å². The van der Waals surface area contributed by atoms with Crippen molar-refractivity contribution in [3.63, 3.8) is 0 Å². The predicted octanol–water partition coefficient (Wildman–Crippen LogP) is 6.67. The fraction of sp³-hybridized carbons (Fsp3) is 0.0400. The summed E-state index contributed by atoms with van der Waals surface area (Å²) >= 11 is 1.26. The molecule has 0 saturated heterocycles. The minimum absolute atomic E-state index is 0.176. The summed E-state index contributed by atoms with van der Waals surface area (Å²) in [5, 5.41) is 0.399. The summed E-state index contributed by atoms with van der Waals surface area (Å²) in [6.45, 7) is 0.176. The molecule has 5 rings (SSSR count). The highest BCUT2D eigenvalue weighted by Crippen LogP contribution is 2.32. The number of carbonyl (C=O) groups is 1. The molecule has 2 aromatic heterocycles. The highest BCUT2D eigenvalue weighted by molar-refractivity contribution is 7.22. The Balaban J connectivity index is 1.45. The van der Waals surface area contributed by atoms with Gasteiger partial charge in [-0.25, -0.2) is 9.37 Å². The van der Waals surface area contributed by atoms with E-state index in [9.17, 15) is 9.18 Å². The second kappa shape index (κ2) is 8.64. The van der Waals surface area contributed by atoms with E-state index in [0.29, 0.717) is 32.7 Å². The first kappa shape index (κ1) is 20.0. The third-order valence-corrected chi connectivity index (χ3v) is 5.85. The van der Waals surface area contributed by atoms with E-state index in [4.69, 9.17) is 9.15 Å². The van der Waals surface area contributed by atoms with Gasteiger partial charge in [-0.15, -0.1) is 0 Å². The lowest BCUT2D eigenvalue weighted by atomic mass is 10.2. The average Bonchev–Trinajstić information content (AvgIpc) is 3.49. The number of nitrogens with zero attached hydrogens (tertiary/aromatic N) is 2. The number of aromatic nitrogens is 1. The Labute approximate surface area is 187 Å². The number of fused-ring (bicyclic) bond motifs is 1. The van der Waals surface area contributed by atoms with E-state index in [2.05, 4.69) is 4.98 Å². The van der Waals surface area contributed by atoms with Crippen LogP contribution in [0.1, 0.15) is 16.1 Å². The Morgan fingerprint density at radius 1 is 0.938 bits per heavy atom. The molecule has 5 aromatic rings. The molecule has 0 radical (unpaired) electrons. The molecule has 5 nitrogen and oxygen atoms in total. The van der Waals surface area contributed by atoms with Gasteiger partial charge < -0.3 is 9.15 Å². The number of hydrogen-bond donors (Lipinski definition) is 0. The first-order valence-corrected chi connectivity index (χ1v) is 10.7. The highest BCUT2D eigenvalue weighted by Gasteiger charge is 2.23. The summed E-state index contributed by atoms with van der Waals surface area (Å²) in [5.74, 6) is 1.24. The lowest BCUT2D eigenvalue weighted by Gasteiger charge is -2.19. The highest BCUT2D eigenvalue weighted by atomic mass is 32.1. The molecule has 1 amide bonds. The lowest BCUT2D eigenvalue weighted by molar-refractivity contribution is 0.0983. The maximum atomic E-state index is 14.2. The lowest BCUT2D eigenvalue weighted by Crippen LogP contribution is -2.30. The van der Waals surface area contributed by atoms with Gasteiger partial charge in [0, 0.05) is 5.56 Å². The third kappa shape index (κ3) is 4.10. The number of hydrogen-bond acceptors (Lipinski definition) is 5. The first-order chi connectivity index (χ1) is 15.7. The van der Waals surface area contributed by atoms with Crippen molar-refractivity contribution < 1.29 is 18.3 Å². The molecule has 0 unspecified atom stereocenters. The normalized spacial score (nSPS) is 10.9. The zero-order chi connectivity index (χ0) is 21.9. The zero-order valence-corrected chi connectivity index (χ0v) is 17.6. The topological polar surface area (TPSA) is 55.6 Å². The van der Waals surface area contributed by atoms with Gasteiger partial charge in [0.1, 0.15) is 28.6 Å². The largest absolute Gasteiger partial charge is 0.467 e. The molecule has 0 aliphatic heterocycles. The van der Waals surface area contributed by atoms with Crippen LogP contribution in [0.15, 0.2) is 95.6 Å². The molecular formula is C25H17FN2O3S. The van der Waals surface area contributed by atoms with Gasteiger partial charge in [-0.3, -0.25) is 9.69 Å². The summed E-state index contributed by atoms with van der Waals surface area (Å²) < 4.78 is 26.1. The summed E-state index contributed by atoms with van der Waals surface area (Å²) in [6.07, 6.45) is 1.55. The van der Waals surface area contributed by atoms with E-state index in [1.807, 2.05) is 30.3 Å². The Morgan fingerprint density at radius 3 is 2.44 bits per heavy atom. The smallest absolute Gasteiger partial charge is 0.260 e. The number of thiazole rings is 1. The Hall–Kier alpha value is -3.97. The van der Waals surface area contributed by atoms with Crippen molar-refractivity contribution in [3.05, 3.63) is 108 Å². The molecule has 3 aromatic carbocycles. The van der Waals surface area contributed by atoms with Gasteiger partial charge in [0.2, 0.25) is 0 Å². The van der Waals surface area contributed by atoms with Gasteiger partial charge in [-0.1, -0.05) is 35.6 Å². The van der Waals surface area contributed by atoms with Gasteiger partial charge in [-0.2, -0.15) is 0 Å². The van der Waals surface area contributed by atoms with Crippen LogP contribution in [0.2, 0.25) is 0 Å². The van der Waals surface area contributed by atoms with E-state index in [-0.39, 0.29) is 18.0 Å². The molecule has 0 N–H and O–H groups in total. The van der Waals surface area contributed by atoms with Crippen LogP contribution in [0, 0.1) is 5.82 Å². The number of benzene rings is 3. The monoisotopic (exact) mass is 444 g/mol. The fourth-order valence-corrected chi connectivity index (χ4v) is 4.23. The number of furan rings is 1. The summed E-state index contributed by atoms with van der Waals surface area (Å²) in [6, 6.07) is 24.6. The van der Waals surface area contributed by atoms with Crippen molar-refractivity contribution in [2.24, 2.45) is 0 Å². The van der Waals surface area contributed by atoms with E-state index in [0.717, 1.165) is 0 Å². The van der Waals surface area contributed by atoms with Crippen molar-refractivity contribution in [2.75, 3.05) is 4.90 Å². The van der Waals surface area contributed by atoms with Crippen LogP contribution in [-0.4, -0.2) is 10.9 Å². The summed E-state index contributed by atoms with van der Waals surface area (Å²) in [4.78, 5) is 19.3. The number of anilines is 1. The van der Waals surface area contributed by atoms with Crippen molar-refractivity contribution in [3.8, 4) is 11.5 Å². The molecular weight excluding hydrogens is 427 g/mol. The molecule has 0 bridgehead atoms. The van der Waals surface area contributed by atoms with Gasteiger partial charge in [0.15, 0.2) is 5.13 Å². The second-order valence-electron chi connectivity index (χ2n) is 6.99. The molecule has 7 heteroatoms. The van der Waals surface area contributed by atoms with Gasteiger partial charge in [0.25, 0.3) is 5.91 Å². The Bertz CT molecular complexity index is 1350. The van der Waals surface area contributed by atoms with Crippen LogP contribution in [0.5, 0.6) is 11.5 Å². The summed E-state index contributed by atoms with van der Waals surface area (Å²) in [5.41, 5.74) is 0.702. The average molecular weight is 444 g/mol. The molecule has 0 aliphatic rings. The first-order valence-electron chi connectivity index (χ1n) is 9.90. The number of carbonyl (C=O) groups excluding carboxylic acids is 1. The van der Waals surface area contributed by atoms with Crippen LogP contribution < -0.4 is 9.64 Å². The maximum absolute atomic E-state index is 14.2. The molecule has 32 heavy (non-hydrogen) atoms. The molecule has 2 heterocycles. The number of ether oxygens (including phenoxy) is 1. The van der Waals surface area contributed by atoms with Crippen LogP contribution in [0.4, 0.5) is 9.52 Å². The molecule has 158 valence electrons. The quantitative estimate of drug-likeness (QED) is 0.294. The molecule has 0 spiro atoms. The van der Waals surface area contributed by atoms with Crippen LogP contribution in [-0.2, 0) is 6.54 Å². The number of amides is 1. The molecule has 0 aliphatic carbocycles. The van der Waals surface area contributed by atoms with Crippen molar-refractivity contribution in [1.29, 1.82) is 0 Å². The fourth-order valence-electron chi connectivity index (χ4n) is 3.25. The Kier molecular flexibility index (Phi) is 5.39. The number of rotatable bonds is 6. The SMILES string of the molecule is O=C(c1ccc(Oc2ccccc2)cc1)N(Cc1ccco1)c1nc2c(F)cccc2s1. The van der Waals surface area contributed by atoms with E-state index in [1.54, 1.807) is 54.8 Å². The standard InChI is InChI=1S/C25H17FN2O3S/c26-21-9-4-10-22-23(21)27-25(32-22)28(16-20-8-5-15-30-20)24(29)17-11-13-19(14-12-17)31-18-6-2-1-3-7-18/h1-15H,16H2. The third-order valence-electron chi connectivity index (χ3n) is 4.81. The minimum Gasteiger partial charge on any atom is -0.467 e. The number of halogens is 1. The Morgan fingerprint density at radius 2 is 1.72 bits per heavy atom. The van der Waals surface area contributed by atoms with Gasteiger partial charge in [0.05, 0.1) is 17.5 Å².